The van der Waals surface area contributed by atoms with Crippen LogP contribution < -0.4 is 4.90 Å². The number of benzene rings is 1. The molecule has 1 aliphatic carbocycles. The van der Waals surface area contributed by atoms with Crippen LogP contribution in [-0.2, 0) is 0 Å². The first kappa shape index (κ1) is 11.8. The van der Waals surface area contributed by atoms with Gasteiger partial charge in [-0.2, -0.15) is 0 Å². The van der Waals surface area contributed by atoms with Crippen molar-refractivity contribution in [2.24, 2.45) is 11.8 Å². The van der Waals surface area contributed by atoms with Gasteiger partial charge in [0.25, 0.3) is 0 Å². The minimum Gasteiger partial charge on any atom is -0.478 e. The highest BCUT2D eigenvalue weighted by Crippen LogP contribution is 2.41. The molecule has 1 saturated carbocycles. The average molecular weight is 266 g/mol. The molecule has 0 spiro atoms. The van der Waals surface area contributed by atoms with Gasteiger partial charge in [-0.25, -0.2) is 4.79 Å². The molecule has 2 atom stereocenters. The first-order chi connectivity index (χ1) is 8.66. The third-order valence-corrected chi connectivity index (χ3v) is 4.59. The largest absolute Gasteiger partial charge is 0.478 e. The van der Waals surface area contributed by atoms with Crippen molar-refractivity contribution in [1.82, 2.24) is 0 Å². The fourth-order valence-corrected chi connectivity index (χ4v) is 3.67. The SMILES string of the molecule is O=C(O)c1c(Cl)cccc1N1CC2CCCC2C1. The van der Waals surface area contributed by atoms with E-state index in [1.165, 1.54) is 19.3 Å². The van der Waals surface area contributed by atoms with Crippen molar-refractivity contribution in [3.63, 3.8) is 0 Å². The van der Waals surface area contributed by atoms with Gasteiger partial charge in [0.05, 0.1) is 10.7 Å². The molecule has 1 aromatic carbocycles. The molecule has 0 radical (unpaired) electrons. The molecule has 1 N–H and O–H groups in total. The zero-order valence-electron chi connectivity index (χ0n) is 10.1. The van der Waals surface area contributed by atoms with Crippen LogP contribution in [0.15, 0.2) is 18.2 Å². The maximum Gasteiger partial charge on any atom is 0.339 e. The maximum atomic E-state index is 11.3. The highest BCUT2D eigenvalue weighted by Gasteiger charge is 2.37. The van der Waals surface area contributed by atoms with Gasteiger partial charge in [-0.1, -0.05) is 24.1 Å². The Morgan fingerprint density at radius 3 is 2.56 bits per heavy atom. The molecular formula is C14H16ClNO2. The normalized spacial score (nSPS) is 26.4. The van der Waals surface area contributed by atoms with Crippen LogP contribution in [0.25, 0.3) is 0 Å². The van der Waals surface area contributed by atoms with E-state index >= 15 is 0 Å². The summed E-state index contributed by atoms with van der Waals surface area (Å²) in [5, 5.41) is 9.63. The van der Waals surface area contributed by atoms with Crippen molar-refractivity contribution in [2.45, 2.75) is 19.3 Å². The number of nitrogens with zero attached hydrogens (tertiary/aromatic N) is 1. The summed E-state index contributed by atoms with van der Waals surface area (Å²) in [5.74, 6) is 0.545. The number of carbonyl (C=O) groups is 1. The van der Waals surface area contributed by atoms with Gasteiger partial charge < -0.3 is 10.0 Å². The molecule has 2 unspecified atom stereocenters. The highest BCUT2D eigenvalue weighted by molar-refractivity contribution is 6.34. The molecule has 3 nitrogen and oxygen atoms in total. The van der Waals surface area contributed by atoms with E-state index in [9.17, 15) is 9.90 Å². The molecule has 3 rings (SSSR count). The van der Waals surface area contributed by atoms with Gasteiger partial charge in [0, 0.05) is 13.1 Å². The molecule has 0 aromatic heterocycles. The summed E-state index contributed by atoms with van der Waals surface area (Å²) in [6, 6.07) is 5.35. The monoisotopic (exact) mass is 265 g/mol. The fraction of sp³-hybridized carbons (Fsp3) is 0.500. The van der Waals surface area contributed by atoms with Crippen LogP contribution in [0.5, 0.6) is 0 Å². The fourth-order valence-electron chi connectivity index (χ4n) is 3.42. The number of carboxylic acid groups (broad SMARTS) is 1. The van der Waals surface area contributed by atoms with Crippen LogP contribution in [0.1, 0.15) is 29.6 Å². The average Bonchev–Trinajstić information content (AvgIpc) is 2.87. The molecule has 18 heavy (non-hydrogen) atoms. The van der Waals surface area contributed by atoms with Crippen molar-refractivity contribution in [3.8, 4) is 0 Å². The molecule has 0 amide bonds. The van der Waals surface area contributed by atoms with Crippen molar-refractivity contribution in [2.75, 3.05) is 18.0 Å². The number of halogens is 1. The molecule has 1 saturated heterocycles. The van der Waals surface area contributed by atoms with E-state index in [-0.39, 0.29) is 5.56 Å². The Hall–Kier alpha value is -1.22. The van der Waals surface area contributed by atoms with Gasteiger partial charge in [-0.05, 0) is 36.8 Å². The smallest absolute Gasteiger partial charge is 0.339 e. The lowest BCUT2D eigenvalue weighted by molar-refractivity contribution is 0.0697. The number of fused-ring (bicyclic) bond motifs is 1. The minimum atomic E-state index is -0.937. The minimum absolute atomic E-state index is 0.249. The second-order valence-corrected chi connectivity index (χ2v) is 5.70. The number of hydrogen-bond acceptors (Lipinski definition) is 2. The Balaban J connectivity index is 1.93. The van der Waals surface area contributed by atoms with Crippen LogP contribution in [0.3, 0.4) is 0 Å². The first-order valence-electron chi connectivity index (χ1n) is 6.43. The molecule has 2 fully saturated rings. The highest BCUT2D eigenvalue weighted by atomic mass is 35.5. The van der Waals surface area contributed by atoms with Crippen molar-refractivity contribution in [1.29, 1.82) is 0 Å². The van der Waals surface area contributed by atoms with Crippen LogP contribution in [-0.4, -0.2) is 24.2 Å². The van der Waals surface area contributed by atoms with E-state index in [4.69, 9.17) is 11.6 Å². The predicted molar refractivity (Wildman–Crippen MR) is 71.5 cm³/mol. The van der Waals surface area contributed by atoms with Gasteiger partial charge in [-0.15, -0.1) is 0 Å². The van der Waals surface area contributed by atoms with Gasteiger partial charge >= 0.3 is 5.97 Å². The molecule has 1 heterocycles. The molecule has 96 valence electrons. The summed E-state index contributed by atoms with van der Waals surface area (Å²) in [5.41, 5.74) is 1.03. The van der Waals surface area contributed by atoms with E-state index in [2.05, 4.69) is 4.90 Å². The number of anilines is 1. The van der Waals surface area contributed by atoms with Gasteiger partial charge in [0.2, 0.25) is 0 Å². The first-order valence-corrected chi connectivity index (χ1v) is 6.81. The number of carboxylic acids is 1. The Morgan fingerprint density at radius 1 is 1.28 bits per heavy atom. The Labute approximate surface area is 111 Å². The topological polar surface area (TPSA) is 40.5 Å². The summed E-state index contributed by atoms with van der Waals surface area (Å²) in [7, 11) is 0. The molecule has 2 aliphatic rings. The number of hydrogen-bond donors (Lipinski definition) is 1. The molecule has 0 bridgehead atoms. The lowest BCUT2D eigenvalue weighted by Gasteiger charge is -2.22. The summed E-state index contributed by atoms with van der Waals surface area (Å²) in [6.07, 6.45) is 3.89. The lowest BCUT2D eigenvalue weighted by Crippen LogP contribution is -2.23. The third-order valence-electron chi connectivity index (χ3n) is 4.27. The summed E-state index contributed by atoms with van der Waals surface area (Å²) in [6.45, 7) is 1.95. The molecule has 1 aliphatic heterocycles. The molecule has 4 heteroatoms. The molecule has 1 aromatic rings. The van der Waals surface area contributed by atoms with E-state index in [0.717, 1.165) is 30.6 Å². The van der Waals surface area contributed by atoms with Gasteiger partial charge in [-0.3, -0.25) is 0 Å². The van der Waals surface area contributed by atoms with Crippen LogP contribution in [0.2, 0.25) is 5.02 Å². The zero-order valence-corrected chi connectivity index (χ0v) is 10.9. The summed E-state index contributed by atoms with van der Waals surface area (Å²) < 4.78 is 0. The quantitative estimate of drug-likeness (QED) is 0.892. The zero-order chi connectivity index (χ0) is 12.7. The second-order valence-electron chi connectivity index (χ2n) is 5.30. The van der Waals surface area contributed by atoms with E-state index < -0.39 is 5.97 Å². The second kappa shape index (κ2) is 4.47. The Kier molecular flexibility index (Phi) is 2.94. The lowest BCUT2D eigenvalue weighted by atomic mass is 10.0. The Morgan fingerprint density at radius 2 is 1.94 bits per heavy atom. The summed E-state index contributed by atoms with van der Waals surface area (Å²) >= 11 is 6.02. The van der Waals surface area contributed by atoms with Gasteiger partial charge in [0.15, 0.2) is 0 Å². The predicted octanol–water partition coefficient (Wildman–Crippen LogP) is 3.27. The van der Waals surface area contributed by atoms with Crippen LogP contribution in [0, 0.1) is 11.8 Å². The van der Waals surface area contributed by atoms with E-state index in [1.807, 2.05) is 12.1 Å². The number of rotatable bonds is 2. The number of aromatic carboxylic acids is 1. The van der Waals surface area contributed by atoms with Gasteiger partial charge in [0.1, 0.15) is 5.56 Å². The summed E-state index contributed by atoms with van der Waals surface area (Å²) in [4.78, 5) is 13.5. The van der Waals surface area contributed by atoms with Crippen molar-refractivity contribution < 1.29 is 9.90 Å². The van der Waals surface area contributed by atoms with Crippen molar-refractivity contribution in [3.05, 3.63) is 28.8 Å². The maximum absolute atomic E-state index is 11.3. The van der Waals surface area contributed by atoms with Crippen molar-refractivity contribution >= 4 is 23.3 Å². The van der Waals surface area contributed by atoms with E-state index in [1.54, 1.807) is 6.07 Å². The van der Waals surface area contributed by atoms with E-state index in [0.29, 0.717) is 5.02 Å². The molecular weight excluding hydrogens is 250 g/mol. The Bertz CT molecular complexity index is 477. The van der Waals surface area contributed by atoms with Crippen LogP contribution >= 0.6 is 11.6 Å². The standard InChI is InChI=1S/C14H16ClNO2/c15-11-5-2-6-12(13(11)14(17)18)16-7-9-3-1-4-10(9)8-16/h2,5-6,9-10H,1,3-4,7-8H2,(H,17,18). The van der Waals surface area contributed by atoms with Crippen LogP contribution in [0.4, 0.5) is 5.69 Å². The third kappa shape index (κ3) is 1.87.